The van der Waals surface area contributed by atoms with Gasteiger partial charge in [-0.1, -0.05) is 26.7 Å². The van der Waals surface area contributed by atoms with E-state index in [1.54, 1.807) is 0 Å². The zero-order valence-corrected chi connectivity index (χ0v) is 13.3. The van der Waals surface area contributed by atoms with Crippen LogP contribution in [0.3, 0.4) is 0 Å². The highest BCUT2D eigenvalue weighted by molar-refractivity contribution is 5.33. The second kappa shape index (κ2) is 6.73. The normalized spacial score (nSPS) is 19.6. The lowest BCUT2D eigenvalue weighted by Gasteiger charge is -2.17. The number of nitrogens with one attached hydrogen (secondary N) is 1. The minimum Gasteiger partial charge on any atom is -0.477 e. The van der Waals surface area contributed by atoms with Crippen molar-refractivity contribution in [3.63, 3.8) is 0 Å². The molecule has 2 heterocycles. The van der Waals surface area contributed by atoms with Crippen molar-refractivity contribution < 1.29 is 4.74 Å². The predicted octanol–water partition coefficient (Wildman–Crippen LogP) is 2.86. The molecule has 21 heavy (non-hydrogen) atoms. The maximum absolute atomic E-state index is 6.16. The molecule has 0 amide bonds. The van der Waals surface area contributed by atoms with Crippen LogP contribution >= 0.6 is 0 Å². The minimum atomic E-state index is 0.348. The minimum absolute atomic E-state index is 0.348. The molecule has 1 aromatic heterocycles. The highest BCUT2D eigenvalue weighted by Gasteiger charge is 2.21. The van der Waals surface area contributed by atoms with E-state index in [1.807, 2.05) is 0 Å². The number of rotatable bonds is 4. The summed E-state index contributed by atoms with van der Waals surface area (Å²) in [6.07, 6.45) is 7.30. The molecule has 0 radical (unpaired) electrons. The van der Waals surface area contributed by atoms with Crippen LogP contribution in [0.5, 0.6) is 5.88 Å². The van der Waals surface area contributed by atoms with E-state index in [4.69, 9.17) is 14.7 Å². The van der Waals surface area contributed by atoms with Crippen LogP contribution in [-0.2, 0) is 12.8 Å². The summed E-state index contributed by atoms with van der Waals surface area (Å²) in [5.74, 6) is 2.86. The predicted molar refractivity (Wildman–Crippen MR) is 83.9 cm³/mol. The zero-order chi connectivity index (χ0) is 14.7. The molecule has 0 bridgehead atoms. The molecule has 1 aromatic rings. The van der Waals surface area contributed by atoms with Crippen molar-refractivity contribution in [1.29, 1.82) is 0 Å². The van der Waals surface area contributed by atoms with Crippen LogP contribution in [0.15, 0.2) is 0 Å². The summed E-state index contributed by atoms with van der Waals surface area (Å²) in [7, 11) is 0. The monoisotopic (exact) mass is 289 g/mol. The van der Waals surface area contributed by atoms with Crippen LogP contribution in [0.2, 0.25) is 0 Å². The second-order valence-electron chi connectivity index (χ2n) is 6.68. The molecule has 2 aliphatic rings. The fourth-order valence-electron chi connectivity index (χ4n) is 3.28. The van der Waals surface area contributed by atoms with Crippen LogP contribution in [-0.4, -0.2) is 29.7 Å². The fourth-order valence-corrected chi connectivity index (χ4v) is 3.28. The van der Waals surface area contributed by atoms with E-state index in [1.165, 1.54) is 36.9 Å². The van der Waals surface area contributed by atoms with Crippen LogP contribution < -0.4 is 10.1 Å². The fraction of sp³-hybridized carbons (Fsp3) is 0.765. The van der Waals surface area contributed by atoms with Gasteiger partial charge in [-0.3, -0.25) is 0 Å². The summed E-state index contributed by atoms with van der Waals surface area (Å²) >= 11 is 0. The van der Waals surface area contributed by atoms with E-state index < -0.39 is 0 Å². The van der Waals surface area contributed by atoms with Gasteiger partial charge in [0.2, 0.25) is 5.88 Å². The highest BCUT2D eigenvalue weighted by Crippen LogP contribution is 2.28. The van der Waals surface area contributed by atoms with E-state index in [9.17, 15) is 0 Å². The van der Waals surface area contributed by atoms with Gasteiger partial charge in [-0.15, -0.1) is 0 Å². The molecule has 4 nitrogen and oxygen atoms in total. The van der Waals surface area contributed by atoms with Crippen molar-refractivity contribution >= 4 is 0 Å². The summed E-state index contributed by atoms with van der Waals surface area (Å²) < 4.78 is 6.16. The Hall–Kier alpha value is -1.16. The number of nitrogens with zero attached hydrogens (tertiary/aromatic N) is 2. The van der Waals surface area contributed by atoms with Crippen molar-refractivity contribution in [3.05, 3.63) is 17.1 Å². The van der Waals surface area contributed by atoms with Gasteiger partial charge in [0, 0.05) is 24.4 Å². The topological polar surface area (TPSA) is 47.0 Å². The average molecular weight is 289 g/mol. The van der Waals surface area contributed by atoms with Gasteiger partial charge in [0.15, 0.2) is 0 Å². The van der Waals surface area contributed by atoms with E-state index >= 15 is 0 Å². The Kier molecular flexibility index (Phi) is 4.73. The number of aromatic nitrogens is 2. The van der Waals surface area contributed by atoms with Crippen molar-refractivity contribution in [1.82, 2.24) is 15.3 Å². The first kappa shape index (κ1) is 14.8. The Balaban J connectivity index is 1.83. The van der Waals surface area contributed by atoms with Gasteiger partial charge < -0.3 is 10.1 Å². The Labute approximate surface area is 127 Å². The lowest BCUT2D eigenvalue weighted by Crippen LogP contribution is -2.16. The standard InChI is InChI=1S/C17H27N3O/c1-12(2)16-19-15-8-10-18-9-7-14(15)17(20-16)21-11-13-5-3-4-6-13/h12-13,18H,3-11H2,1-2H3. The quantitative estimate of drug-likeness (QED) is 0.926. The van der Waals surface area contributed by atoms with E-state index in [0.717, 1.165) is 50.2 Å². The van der Waals surface area contributed by atoms with Crippen LogP contribution in [0, 0.1) is 5.92 Å². The van der Waals surface area contributed by atoms with Crippen molar-refractivity contribution in [2.75, 3.05) is 19.7 Å². The van der Waals surface area contributed by atoms with E-state index in [2.05, 4.69) is 19.2 Å². The molecule has 1 aliphatic heterocycles. The largest absolute Gasteiger partial charge is 0.477 e. The maximum atomic E-state index is 6.16. The molecule has 0 saturated heterocycles. The zero-order valence-electron chi connectivity index (χ0n) is 13.3. The number of fused-ring (bicyclic) bond motifs is 1. The molecule has 4 heteroatoms. The van der Waals surface area contributed by atoms with Gasteiger partial charge >= 0.3 is 0 Å². The lowest BCUT2D eigenvalue weighted by atomic mass is 10.1. The third-order valence-electron chi connectivity index (χ3n) is 4.61. The first-order valence-corrected chi connectivity index (χ1v) is 8.47. The Morgan fingerprint density at radius 3 is 2.67 bits per heavy atom. The van der Waals surface area contributed by atoms with Gasteiger partial charge in [0.25, 0.3) is 0 Å². The number of ether oxygens (including phenoxy) is 1. The van der Waals surface area contributed by atoms with Crippen molar-refractivity contribution in [2.45, 2.75) is 58.3 Å². The van der Waals surface area contributed by atoms with Gasteiger partial charge in [-0.2, -0.15) is 4.98 Å². The molecule has 0 aromatic carbocycles. The molecule has 1 saturated carbocycles. The average Bonchev–Trinajstić information content (AvgIpc) is 2.88. The van der Waals surface area contributed by atoms with E-state index in [0.29, 0.717) is 5.92 Å². The summed E-state index contributed by atoms with van der Waals surface area (Å²) in [6.45, 7) is 7.13. The number of hydrogen-bond donors (Lipinski definition) is 1. The van der Waals surface area contributed by atoms with Gasteiger partial charge in [-0.25, -0.2) is 4.98 Å². The maximum Gasteiger partial charge on any atom is 0.220 e. The highest BCUT2D eigenvalue weighted by atomic mass is 16.5. The molecular formula is C17H27N3O. The molecule has 0 spiro atoms. The lowest BCUT2D eigenvalue weighted by molar-refractivity contribution is 0.239. The first-order valence-electron chi connectivity index (χ1n) is 8.47. The second-order valence-corrected chi connectivity index (χ2v) is 6.68. The summed E-state index contributed by atoms with van der Waals surface area (Å²) in [4.78, 5) is 9.51. The molecule has 0 atom stereocenters. The van der Waals surface area contributed by atoms with Gasteiger partial charge in [0.1, 0.15) is 5.82 Å². The van der Waals surface area contributed by atoms with E-state index in [-0.39, 0.29) is 0 Å². The molecule has 1 aliphatic carbocycles. The third-order valence-corrected chi connectivity index (χ3v) is 4.61. The summed E-state index contributed by atoms with van der Waals surface area (Å²) in [6, 6.07) is 0. The van der Waals surface area contributed by atoms with Crippen molar-refractivity contribution in [3.8, 4) is 5.88 Å². The van der Waals surface area contributed by atoms with Crippen LogP contribution in [0.4, 0.5) is 0 Å². The SMILES string of the molecule is CC(C)c1nc2c(c(OCC3CCCC3)n1)CCNCC2. The van der Waals surface area contributed by atoms with Gasteiger partial charge in [0.05, 0.1) is 12.3 Å². The Morgan fingerprint density at radius 1 is 1.14 bits per heavy atom. The smallest absolute Gasteiger partial charge is 0.220 e. The summed E-state index contributed by atoms with van der Waals surface area (Å²) in [5.41, 5.74) is 2.43. The Morgan fingerprint density at radius 2 is 1.90 bits per heavy atom. The van der Waals surface area contributed by atoms with Gasteiger partial charge in [-0.05, 0) is 31.7 Å². The molecule has 1 N–H and O–H groups in total. The number of hydrogen-bond acceptors (Lipinski definition) is 4. The first-order chi connectivity index (χ1) is 10.2. The molecule has 3 rings (SSSR count). The molecule has 116 valence electrons. The van der Waals surface area contributed by atoms with Crippen LogP contribution in [0.25, 0.3) is 0 Å². The molecule has 0 unspecified atom stereocenters. The summed E-state index contributed by atoms with van der Waals surface area (Å²) in [5, 5.41) is 3.44. The molecular weight excluding hydrogens is 262 g/mol. The third kappa shape index (κ3) is 3.54. The van der Waals surface area contributed by atoms with Crippen LogP contribution in [0.1, 0.15) is 62.5 Å². The Bertz CT molecular complexity index is 481. The van der Waals surface area contributed by atoms with Crippen molar-refractivity contribution in [2.24, 2.45) is 5.92 Å². The molecule has 1 fully saturated rings.